The van der Waals surface area contributed by atoms with E-state index < -0.39 is 25.9 Å². The number of nitrogens with one attached hydrogen (secondary N) is 1. The Labute approximate surface area is 113 Å². The average molecular weight is 307 g/mol. The van der Waals surface area contributed by atoms with Gasteiger partial charge < -0.3 is 4.57 Å². The highest BCUT2D eigenvalue weighted by Crippen LogP contribution is 2.15. The summed E-state index contributed by atoms with van der Waals surface area (Å²) in [5.41, 5.74) is 0. The van der Waals surface area contributed by atoms with Crippen molar-refractivity contribution in [3.05, 3.63) is 12.5 Å². The topological polar surface area (TPSA) is 98.1 Å². The molecule has 0 aliphatic carbocycles. The summed E-state index contributed by atoms with van der Waals surface area (Å²) in [5, 5.41) is -0.0782. The Hall–Kier alpha value is -0.930. The van der Waals surface area contributed by atoms with E-state index in [1.54, 1.807) is 4.57 Å². The number of sulfonamides is 1. The van der Waals surface area contributed by atoms with Gasteiger partial charge in [0.1, 0.15) is 0 Å². The highest BCUT2D eigenvalue weighted by Gasteiger charge is 2.32. The number of aromatic nitrogens is 2. The fourth-order valence-electron chi connectivity index (χ4n) is 1.91. The molecule has 0 unspecified atom stereocenters. The van der Waals surface area contributed by atoms with Crippen molar-refractivity contribution < 1.29 is 16.8 Å². The van der Waals surface area contributed by atoms with Crippen molar-refractivity contribution in [1.82, 2.24) is 14.3 Å². The number of rotatable bonds is 4. The van der Waals surface area contributed by atoms with Crippen LogP contribution in [-0.4, -0.2) is 43.9 Å². The van der Waals surface area contributed by atoms with Gasteiger partial charge in [0.2, 0.25) is 0 Å². The first-order valence-corrected chi connectivity index (χ1v) is 9.26. The van der Waals surface area contributed by atoms with Crippen LogP contribution in [0.4, 0.5) is 0 Å². The molecule has 0 saturated carbocycles. The lowest BCUT2D eigenvalue weighted by Crippen LogP contribution is -2.35. The molecule has 1 aliphatic heterocycles. The van der Waals surface area contributed by atoms with Crippen molar-refractivity contribution in [2.45, 2.75) is 37.4 Å². The van der Waals surface area contributed by atoms with Gasteiger partial charge in [0.15, 0.2) is 14.9 Å². The lowest BCUT2D eigenvalue weighted by molar-refractivity contribution is 0.558. The summed E-state index contributed by atoms with van der Waals surface area (Å²) in [6.07, 6.45) is 3.20. The van der Waals surface area contributed by atoms with Gasteiger partial charge in [0.05, 0.1) is 17.8 Å². The van der Waals surface area contributed by atoms with E-state index in [-0.39, 0.29) is 22.6 Å². The number of hydrogen-bond acceptors (Lipinski definition) is 5. The molecule has 0 spiro atoms. The Balaban J connectivity index is 2.14. The fourth-order valence-corrected chi connectivity index (χ4v) is 4.89. The first kappa shape index (κ1) is 14.5. The van der Waals surface area contributed by atoms with Gasteiger partial charge in [-0.2, -0.15) is 0 Å². The zero-order chi connectivity index (χ0) is 14.3. The van der Waals surface area contributed by atoms with Gasteiger partial charge in [-0.3, -0.25) is 0 Å². The first-order valence-electron chi connectivity index (χ1n) is 5.96. The Morgan fingerprint density at radius 2 is 2.16 bits per heavy atom. The van der Waals surface area contributed by atoms with E-state index in [0.29, 0.717) is 6.42 Å². The van der Waals surface area contributed by atoms with Crippen LogP contribution in [0.25, 0.3) is 0 Å². The summed E-state index contributed by atoms with van der Waals surface area (Å²) in [5.74, 6) is -0.113. The molecule has 9 heteroatoms. The summed E-state index contributed by atoms with van der Waals surface area (Å²) in [7, 11) is -6.86. The normalized spacial score (nSPS) is 23.0. The summed E-state index contributed by atoms with van der Waals surface area (Å²) in [6.45, 7) is 3.82. The van der Waals surface area contributed by atoms with E-state index in [2.05, 4.69) is 9.71 Å². The van der Waals surface area contributed by atoms with Crippen LogP contribution in [0, 0.1) is 0 Å². The van der Waals surface area contributed by atoms with Crippen molar-refractivity contribution in [2.24, 2.45) is 0 Å². The van der Waals surface area contributed by atoms with Gasteiger partial charge in [-0.05, 0) is 20.3 Å². The average Bonchev–Trinajstić information content (AvgIpc) is 2.84. The summed E-state index contributed by atoms with van der Waals surface area (Å²) in [6, 6.07) is -0.442. The second-order valence-electron chi connectivity index (χ2n) is 4.97. The zero-order valence-electron chi connectivity index (χ0n) is 10.8. The molecule has 0 amide bonds. The molecule has 1 aromatic rings. The maximum Gasteiger partial charge on any atom is 0.259 e. The molecule has 2 heterocycles. The van der Waals surface area contributed by atoms with E-state index in [9.17, 15) is 16.8 Å². The van der Waals surface area contributed by atoms with Crippen LogP contribution < -0.4 is 4.72 Å². The predicted molar refractivity (Wildman–Crippen MR) is 70.0 cm³/mol. The van der Waals surface area contributed by atoms with E-state index in [0.717, 1.165) is 0 Å². The smallest absolute Gasteiger partial charge is 0.259 e. The van der Waals surface area contributed by atoms with E-state index in [1.807, 2.05) is 13.8 Å². The molecule has 1 aromatic heterocycles. The van der Waals surface area contributed by atoms with Crippen LogP contribution in [0.2, 0.25) is 0 Å². The molecule has 108 valence electrons. The van der Waals surface area contributed by atoms with Crippen molar-refractivity contribution >= 4 is 19.9 Å². The van der Waals surface area contributed by atoms with Crippen molar-refractivity contribution in [2.75, 3.05) is 11.5 Å². The van der Waals surface area contributed by atoms with Gasteiger partial charge in [-0.1, -0.05) is 0 Å². The number of nitrogens with zero attached hydrogens (tertiary/aromatic N) is 2. The maximum absolute atomic E-state index is 12.1. The molecule has 1 N–H and O–H groups in total. The Morgan fingerprint density at radius 1 is 1.47 bits per heavy atom. The lowest BCUT2D eigenvalue weighted by Gasteiger charge is -2.09. The SMILES string of the molecule is CC(C)n1cnc(S(=O)(=O)N[C@@H]2CCS(=O)(=O)C2)c1. The minimum Gasteiger partial charge on any atom is -0.334 e. The van der Waals surface area contributed by atoms with E-state index >= 15 is 0 Å². The summed E-state index contributed by atoms with van der Waals surface area (Å²) in [4.78, 5) is 3.85. The van der Waals surface area contributed by atoms with Gasteiger partial charge in [0, 0.05) is 18.3 Å². The number of sulfone groups is 1. The summed E-state index contributed by atoms with van der Waals surface area (Å²) >= 11 is 0. The van der Waals surface area contributed by atoms with E-state index in [1.165, 1.54) is 12.5 Å². The van der Waals surface area contributed by atoms with Gasteiger partial charge in [-0.15, -0.1) is 0 Å². The largest absolute Gasteiger partial charge is 0.334 e. The monoisotopic (exact) mass is 307 g/mol. The highest BCUT2D eigenvalue weighted by atomic mass is 32.2. The Bertz CT molecular complexity index is 661. The minimum absolute atomic E-state index is 0.0284. The van der Waals surface area contributed by atoms with Crippen LogP contribution in [0.5, 0.6) is 0 Å². The second-order valence-corrected chi connectivity index (χ2v) is 8.86. The van der Waals surface area contributed by atoms with Crippen LogP contribution in [0.3, 0.4) is 0 Å². The quantitative estimate of drug-likeness (QED) is 0.839. The van der Waals surface area contributed by atoms with Crippen molar-refractivity contribution in [1.29, 1.82) is 0 Å². The molecular weight excluding hydrogens is 290 g/mol. The molecule has 1 saturated heterocycles. The van der Waals surface area contributed by atoms with Crippen LogP contribution in [0.15, 0.2) is 17.6 Å². The highest BCUT2D eigenvalue weighted by molar-refractivity contribution is 7.92. The minimum atomic E-state index is -3.75. The van der Waals surface area contributed by atoms with Crippen molar-refractivity contribution in [3.63, 3.8) is 0 Å². The Morgan fingerprint density at radius 3 is 2.63 bits per heavy atom. The Kier molecular flexibility index (Phi) is 3.72. The van der Waals surface area contributed by atoms with E-state index in [4.69, 9.17) is 0 Å². The molecule has 2 rings (SSSR count). The van der Waals surface area contributed by atoms with Gasteiger partial charge in [0.25, 0.3) is 10.0 Å². The molecule has 1 atom stereocenters. The molecule has 0 aromatic carbocycles. The predicted octanol–water partition coefficient (Wildman–Crippen LogP) is -0.0706. The third-order valence-electron chi connectivity index (χ3n) is 3.00. The second kappa shape index (κ2) is 4.88. The van der Waals surface area contributed by atoms with Gasteiger partial charge in [-0.25, -0.2) is 26.5 Å². The first-order chi connectivity index (χ1) is 8.70. The standard InChI is InChI=1S/C10H17N3O4S2/c1-8(2)13-5-10(11-7-13)19(16,17)12-9-3-4-18(14,15)6-9/h5,7-9,12H,3-4,6H2,1-2H3/t9-/m1/s1. The zero-order valence-corrected chi connectivity index (χ0v) is 12.4. The molecular formula is C10H17N3O4S2. The molecule has 0 radical (unpaired) electrons. The molecule has 0 bridgehead atoms. The van der Waals surface area contributed by atoms with Crippen LogP contribution in [-0.2, 0) is 19.9 Å². The van der Waals surface area contributed by atoms with Crippen LogP contribution in [0.1, 0.15) is 26.3 Å². The molecule has 19 heavy (non-hydrogen) atoms. The maximum atomic E-state index is 12.1. The third kappa shape index (κ3) is 3.34. The van der Waals surface area contributed by atoms with Crippen LogP contribution >= 0.6 is 0 Å². The van der Waals surface area contributed by atoms with Gasteiger partial charge >= 0.3 is 0 Å². The molecule has 7 nitrogen and oxygen atoms in total. The fraction of sp³-hybridized carbons (Fsp3) is 0.700. The molecule has 1 aliphatic rings. The number of hydrogen-bond donors (Lipinski definition) is 1. The molecule has 1 fully saturated rings. The lowest BCUT2D eigenvalue weighted by atomic mass is 10.3. The third-order valence-corrected chi connectivity index (χ3v) is 6.18. The number of imidazole rings is 1. The summed E-state index contributed by atoms with van der Waals surface area (Å²) < 4.78 is 50.8. The van der Waals surface area contributed by atoms with Crippen molar-refractivity contribution in [3.8, 4) is 0 Å².